The molecule has 0 bridgehead atoms. The van der Waals surface area contributed by atoms with Gasteiger partial charge in [0, 0.05) is 18.0 Å². The van der Waals surface area contributed by atoms with Crippen molar-refractivity contribution in [2.75, 3.05) is 18.1 Å². The fourth-order valence-electron chi connectivity index (χ4n) is 0.367. The van der Waals surface area contributed by atoms with Crippen LogP contribution < -0.4 is 0 Å². The molecule has 0 aromatic heterocycles. The van der Waals surface area contributed by atoms with Gasteiger partial charge in [0.25, 0.3) is 0 Å². The second kappa shape index (κ2) is 8.25. The highest BCUT2D eigenvalue weighted by atomic mass is 127. The van der Waals surface area contributed by atoms with Crippen molar-refractivity contribution in [3.63, 3.8) is 0 Å². The molecule has 0 heterocycles. The molecule has 0 aliphatic heterocycles. The monoisotopic (exact) mass is 238 g/mol. The van der Waals surface area contributed by atoms with Gasteiger partial charge in [0.1, 0.15) is 6.61 Å². The highest BCUT2D eigenvalue weighted by Crippen LogP contribution is 1.91. The molecule has 0 N–H and O–H groups in total. The fourth-order valence-corrected chi connectivity index (χ4v) is 0.748. The van der Waals surface area contributed by atoms with E-state index in [1.165, 1.54) is 10.8 Å². The van der Waals surface area contributed by atoms with E-state index in [1.807, 2.05) is 0 Å². The number of rotatable bonds is 3. The molecule has 0 amide bonds. The molecular formula is C7H11IO. The van der Waals surface area contributed by atoms with Gasteiger partial charge >= 0.3 is 0 Å². The molecule has 0 fully saturated rings. The second-order valence-electron chi connectivity index (χ2n) is 1.58. The largest absolute Gasteiger partial charge is 0.372 e. The quantitative estimate of drug-likeness (QED) is 0.315. The Hall–Kier alpha value is 0.250. The first kappa shape index (κ1) is 9.25. The average Bonchev–Trinajstić information content (AvgIpc) is 1.89. The molecule has 1 nitrogen and oxygen atoms in total. The lowest BCUT2D eigenvalue weighted by atomic mass is 10.3. The number of ether oxygens (including phenoxy) is 1. The Balaban J connectivity index is 2.96. The number of hydrogen-bond donors (Lipinski definition) is 0. The summed E-state index contributed by atoms with van der Waals surface area (Å²) in [4.78, 5) is 0. The number of hydrogen-bond acceptors (Lipinski definition) is 1. The van der Waals surface area contributed by atoms with Crippen LogP contribution >= 0.6 is 22.6 Å². The van der Waals surface area contributed by atoms with Gasteiger partial charge in [0.2, 0.25) is 0 Å². The standard InChI is InChI=1S/C7H11IO/c1-9-7-5-3-2-4-6-8/h2,4,6-7H2,1H3. The SMILES string of the molecule is COCC#CCCCI. The van der Waals surface area contributed by atoms with E-state index in [0.717, 1.165) is 6.42 Å². The molecule has 0 saturated carbocycles. The van der Waals surface area contributed by atoms with Crippen LogP contribution in [0.4, 0.5) is 0 Å². The molecule has 9 heavy (non-hydrogen) atoms. The summed E-state index contributed by atoms with van der Waals surface area (Å²) >= 11 is 2.35. The summed E-state index contributed by atoms with van der Waals surface area (Å²) in [6.45, 7) is 0.571. The van der Waals surface area contributed by atoms with Crippen molar-refractivity contribution in [3.05, 3.63) is 0 Å². The minimum Gasteiger partial charge on any atom is -0.372 e. The Morgan fingerprint density at radius 2 is 2.22 bits per heavy atom. The summed E-state index contributed by atoms with van der Waals surface area (Å²) < 4.78 is 5.94. The van der Waals surface area contributed by atoms with Crippen LogP contribution in [-0.2, 0) is 4.74 Å². The van der Waals surface area contributed by atoms with Crippen LogP contribution in [0.5, 0.6) is 0 Å². The maximum Gasteiger partial charge on any atom is 0.107 e. The van der Waals surface area contributed by atoms with E-state index in [9.17, 15) is 0 Å². The van der Waals surface area contributed by atoms with Gasteiger partial charge in [-0.05, 0) is 6.42 Å². The minimum atomic E-state index is 0.571. The van der Waals surface area contributed by atoms with Crippen molar-refractivity contribution in [1.82, 2.24) is 0 Å². The smallest absolute Gasteiger partial charge is 0.107 e. The Morgan fingerprint density at radius 1 is 1.44 bits per heavy atom. The Bertz CT molecular complexity index is 101. The lowest BCUT2D eigenvalue weighted by Gasteiger charge is -1.83. The van der Waals surface area contributed by atoms with Gasteiger partial charge in [-0.15, -0.1) is 5.92 Å². The first-order chi connectivity index (χ1) is 4.41. The van der Waals surface area contributed by atoms with Crippen LogP contribution in [0, 0.1) is 11.8 Å². The summed E-state index contributed by atoms with van der Waals surface area (Å²) in [5, 5.41) is 0. The van der Waals surface area contributed by atoms with Crippen LogP contribution in [0.2, 0.25) is 0 Å². The lowest BCUT2D eigenvalue weighted by Crippen LogP contribution is -1.80. The van der Waals surface area contributed by atoms with Gasteiger partial charge in [-0.25, -0.2) is 0 Å². The van der Waals surface area contributed by atoms with E-state index in [-0.39, 0.29) is 0 Å². The molecule has 0 aromatic rings. The van der Waals surface area contributed by atoms with E-state index in [4.69, 9.17) is 4.74 Å². The van der Waals surface area contributed by atoms with Crippen molar-refractivity contribution in [2.24, 2.45) is 0 Å². The van der Waals surface area contributed by atoms with Crippen molar-refractivity contribution in [2.45, 2.75) is 12.8 Å². The zero-order valence-electron chi connectivity index (χ0n) is 5.61. The molecule has 0 rings (SSSR count). The summed E-state index contributed by atoms with van der Waals surface area (Å²) in [6.07, 6.45) is 2.20. The highest BCUT2D eigenvalue weighted by molar-refractivity contribution is 14.1. The number of unbranched alkanes of at least 4 members (excludes halogenated alkanes) is 1. The summed E-state index contributed by atoms with van der Waals surface area (Å²) in [7, 11) is 1.66. The van der Waals surface area contributed by atoms with Gasteiger partial charge in [0.05, 0.1) is 0 Å². The maximum absolute atomic E-state index is 4.75. The molecular weight excluding hydrogens is 227 g/mol. The number of methoxy groups -OCH3 is 1. The lowest BCUT2D eigenvalue weighted by molar-refractivity contribution is 0.239. The summed E-state index contributed by atoms with van der Waals surface area (Å²) in [5.41, 5.74) is 0. The maximum atomic E-state index is 4.75. The first-order valence-electron chi connectivity index (χ1n) is 2.92. The second-order valence-corrected chi connectivity index (χ2v) is 2.66. The Morgan fingerprint density at radius 3 is 2.78 bits per heavy atom. The third-order valence-corrected chi connectivity index (χ3v) is 1.54. The van der Waals surface area contributed by atoms with Crippen LogP contribution in [0.1, 0.15) is 12.8 Å². The van der Waals surface area contributed by atoms with Crippen molar-refractivity contribution in [3.8, 4) is 11.8 Å². The minimum absolute atomic E-state index is 0.571. The topological polar surface area (TPSA) is 9.23 Å². The predicted octanol–water partition coefficient (Wildman–Crippen LogP) is 1.85. The zero-order valence-corrected chi connectivity index (χ0v) is 7.77. The normalized spacial score (nSPS) is 8.22. The van der Waals surface area contributed by atoms with E-state index >= 15 is 0 Å². The molecule has 52 valence electrons. The van der Waals surface area contributed by atoms with Gasteiger partial charge in [-0.2, -0.15) is 0 Å². The summed E-state index contributed by atoms with van der Waals surface area (Å²) in [6, 6.07) is 0. The molecule has 0 aliphatic carbocycles. The molecule has 2 heteroatoms. The third-order valence-electron chi connectivity index (χ3n) is 0.777. The molecule has 0 spiro atoms. The van der Waals surface area contributed by atoms with E-state index < -0.39 is 0 Å². The number of alkyl halides is 1. The molecule has 0 atom stereocenters. The molecule has 0 radical (unpaired) electrons. The van der Waals surface area contributed by atoms with Gasteiger partial charge < -0.3 is 4.74 Å². The van der Waals surface area contributed by atoms with Gasteiger partial charge in [-0.3, -0.25) is 0 Å². The van der Waals surface area contributed by atoms with E-state index in [1.54, 1.807) is 7.11 Å². The summed E-state index contributed by atoms with van der Waals surface area (Å²) in [5.74, 6) is 5.90. The molecule has 0 saturated heterocycles. The van der Waals surface area contributed by atoms with Crippen LogP contribution in [0.3, 0.4) is 0 Å². The Kier molecular flexibility index (Phi) is 8.48. The van der Waals surface area contributed by atoms with Crippen molar-refractivity contribution in [1.29, 1.82) is 0 Å². The molecule has 0 unspecified atom stereocenters. The van der Waals surface area contributed by atoms with Gasteiger partial charge in [0.15, 0.2) is 0 Å². The number of halogens is 1. The van der Waals surface area contributed by atoms with Gasteiger partial charge in [-0.1, -0.05) is 28.5 Å². The van der Waals surface area contributed by atoms with E-state index in [2.05, 4.69) is 34.4 Å². The van der Waals surface area contributed by atoms with Crippen molar-refractivity contribution < 1.29 is 4.74 Å². The van der Waals surface area contributed by atoms with Crippen molar-refractivity contribution >= 4 is 22.6 Å². The van der Waals surface area contributed by atoms with Crippen LogP contribution in [0.15, 0.2) is 0 Å². The Labute approximate surface area is 70.3 Å². The zero-order chi connectivity index (χ0) is 6.95. The molecule has 0 aliphatic rings. The van der Waals surface area contributed by atoms with E-state index in [0.29, 0.717) is 6.61 Å². The van der Waals surface area contributed by atoms with Crippen LogP contribution in [-0.4, -0.2) is 18.1 Å². The van der Waals surface area contributed by atoms with Crippen LogP contribution in [0.25, 0.3) is 0 Å². The first-order valence-corrected chi connectivity index (χ1v) is 4.45. The average molecular weight is 238 g/mol. The highest BCUT2D eigenvalue weighted by Gasteiger charge is 1.75. The third kappa shape index (κ3) is 8.25. The fraction of sp³-hybridized carbons (Fsp3) is 0.714. The molecule has 0 aromatic carbocycles. The predicted molar refractivity (Wildman–Crippen MR) is 47.8 cm³/mol.